The highest BCUT2D eigenvalue weighted by atomic mass is 32.2. The number of hydrogen-bond donors (Lipinski definition) is 1. The molecule has 0 bridgehead atoms. The van der Waals surface area contributed by atoms with E-state index in [-0.39, 0.29) is 11.9 Å². The second kappa shape index (κ2) is 9.29. The predicted molar refractivity (Wildman–Crippen MR) is 118 cm³/mol. The molecule has 0 aromatic heterocycles. The summed E-state index contributed by atoms with van der Waals surface area (Å²) >= 11 is 0. The molecule has 30 heavy (non-hydrogen) atoms. The van der Waals surface area contributed by atoms with E-state index in [1.807, 2.05) is 42.5 Å². The van der Waals surface area contributed by atoms with Gasteiger partial charge >= 0.3 is 0 Å². The number of hydrogen-bond acceptors (Lipinski definition) is 3. The van der Waals surface area contributed by atoms with E-state index in [0.29, 0.717) is 37.0 Å². The van der Waals surface area contributed by atoms with Crippen molar-refractivity contribution >= 4 is 15.9 Å². The maximum atomic E-state index is 13.1. The minimum Gasteiger partial charge on any atom is -0.343 e. The zero-order chi connectivity index (χ0) is 21.9. The molecule has 1 N–H and O–H groups in total. The van der Waals surface area contributed by atoms with Gasteiger partial charge in [-0.1, -0.05) is 56.3 Å². The number of amides is 1. The smallest absolute Gasteiger partial charge is 0.285 e. The Bertz CT molecular complexity index is 949. The zero-order valence-corrected chi connectivity index (χ0v) is 19.0. The molecule has 1 aliphatic rings. The largest absolute Gasteiger partial charge is 0.343 e. The molecule has 0 aliphatic carbocycles. The van der Waals surface area contributed by atoms with Crippen LogP contribution in [-0.2, 0) is 14.8 Å². The lowest BCUT2D eigenvalue weighted by molar-refractivity contribution is -0.925. The molecule has 7 heteroatoms. The summed E-state index contributed by atoms with van der Waals surface area (Å²) in [5, 5.41) is 0. The van der Waals surface area contributed by atoms with Gasteiger partial charge < -0.3 is 9.80 Å². The Kier molecular flexibility index (Phi) is 6.95. The number of nitrogens with one attached hydrogen (secondary N) is 1. The van der Waals surface area contributed by atoms with Crippen molar-refractivity contribution < 1.29 is 18.1 Å². The fourth-order valence-corrected chi connectivity index (χ4v) is 5.37. The summed E-state index contributed by atoms with van der Waals surface area (Å²) in [6.07, 6.45) is 0. The number of nitrogens with zero attached hydrogens (tertiary/aromatic N) is 2. The van der Waals surface area contributed by atoms with Crippen LogP contribution in [0.4, 0.5) is 0 Å². The van der Waals surface area contributed by atoms with Crippen molar-refractivity contribution in [3.05, 3.63) is 65.7 Å². The van der Waals surface area contributed by atoms with Crippen LogP contribution in [0.5, 0.6) is 0 Å². The Morgan fingerprint density at radius 1 is 0.933 bits per heavy atom. The van der Waals surface area contributed by atoms with Crippen LogP contribution >= 0.6 is 0 Å². The van der Waals surface area contributed by atoms with Gasteiger partial charge in [-0.15, -0.1) is 0 Å². The quantitative estimate of drug-likeness (QED) is 0.756. The minimum atomic E-state index is -3.53. The normalized spacial score (nSPS) is 17.1. The molecule has 0 saturated carbocycles. The first-order chi connectivity index (χ1) is 14.2. The molecular formula is C23H32N3O3S+. The molecule has 1 heterocycles. The van der Waals surface area contributed by atoms with E-state index in [0.717, 1.165) is 16.0 Å². The second-order valence-corrected chi connectivity index (χ2v) is 10.3. The van der Waals surface area contributed by atoms with E-state index >= 15 is 0 Å². The molecule has 1 saturated heterocycles. The van der Waals surface area contributed by atoms with E-state index in [1.54, 1.807) is 35.4 Å². The first-order valence-electron chi connectivity index (χ1n) is 10.4. The zero-order valence-electron chi connectivity index (χ0n) is 18.2. The van der Waals surface area contributed by atoms with Crippen molar-refractivity contribution in [2.45, 2.75) is 30.7 Å². The summed E-state index contributed by atoms with van der Waals surface area (Å²) in [5.41, 5.74) is 2.09. The summed E-state index contributed by atoms with van der Waals surface area (Å²) in [7, 11) is -0.00390. The molecule has 2 aromatic carbocycles. The van der Waals surface area contributed by atoms with Gasteiger partial charge in [0.1, 0.15) is 0 Å². The van der Waals surface area contributed by atoms with Gasteiger partial charge in [-0.25, -0.2) is 8.42 Å². The Labute approximate surface area is 180 Å². The number of piperazine rings is 1. The lowest BCUT2D eigenvalue weighted by atomic mass is 10.0. The molecule has 0 radical (unpaired) electrons. The van der Waals surface area contributed by atoms with Gasteiger partial charge in [0.2, 0.25) is 10.0 Å². The fourth-order valence-electron chi connectivity index (χ4n) is 3.93. The van der Waals surface area contributed by atoms with Crippen molar-refractivity contribution in [3.63, 3.8) is 0 Å². The molecular weight excluding hydrogens is 398 g/mol. The number of quaternary nitrogens is 1. The lowest BCUT2D eigenvalue weighted by Crippen LogP contribution is -3.16. The average molecular weight is 431 g/mol. The number of rotatable bonds is 6. The highest BCUT2D eigenvalue weighted by molar-refractivity contribution is 7.89. The second-order valence-electron chi connectivity index (χ2n) is 8.36. The molecule has 162 valence electrons. The Morgan fingerprint density at radius 3 is 2.00 bits per heavy atom. The van der Waals surface area contributed by atoms with Crippen LogP contribution in [0.1, 0.15) is 36.9 Å². The molecule has 1 amide bonds. The lowest BCUT2D eigenvalue weighted by Gasteiger charge is -2.36. The van der Waals surface area contributed by atoms with E-state index in [4.69, 9.17) is 0 Å². The van der Waals surface area contributed by atoms with Crippen molar-refractivity contribution in [1.29, 1.82) is 0 Å². The number of sulfonamides is 1. The van der Waals surface area contributed by atoms with Crippen LogP contribution in [0.2, 0.25) is 0 Å². The van der Waals surface area contributed by atoms with Gasteiger partial charge in [0.25, 0.3) is 5.91 Å². The van der Waals surface area contributed by atoms with Crippen LogP contribution < -0.4 is 4.90 Å². The molecule has 0 unspecified atom stereocenters. The molecule has 1 atom stereocenters. The summed E-state index contributed by atoms with van der Waals surface area (Å²) in [6.45, 7) is 6.14. The van der Waals surface area contributed by atoms with Crippen molar-refractivity contribution in [1.82, 2.24) is 9.21 Å². The highest BCUT2D eigenvalue weighted by Gasteiger charge is 2.38. The first kappa shape index (κ1) is 22.5. The van der Waals surface area contributed by atoms with Gasteiger partial charge in [0.05, 0.1) is 31.1 Å². The van der Waals surface area contributed by atoms with Crippen LogP contribution in [0, 0.1) is 0 Å². The number of likely N-dealkylation sites (N-methyl/N-ethyl adjacent to an activating group) is 1. The van der Waals surface area contributed by atoms with Crippen LogP contribution in [0.3, 0.4) is 0 Å². The number of carbonyl (C=O) groups is 1. The predicted octanol–water partition coefficient (Wildman–Crippen LogP) is 1.53. The van der Waals surface area contributed by atoms with Gasteiger partial charge in [0, 0.05) is 19.7 Å². The molecule has 2 aromatic rings. The fraction of sp³-hybridized carbons (Fsp3) is 0.435. The molecule has 0 spiro atoms. The maximum absolute atomic E-state index is 13.1. The summed E-state index contributed by atoms with van der Waals surface area (Å²) in [4.78, 5) is 15.9. The van der Waals surface area contributed by atoms with E-state index < -0.39 is 10.0 Å². The SMILES string of the molecule is CC(C)c1ccc(S(=O)(=O)N2CC[NH+]([C@@H](C(=O)N(C)C)c3ccccc3)CC2)cc1. The van der Waals surface area contributed by atoms with E-state index in [2.05, 4.69) is 13.8 Å². The van der Waals surface area contributed by atoms with Crippen LogP contribution in [0.25, 0.3) is 0 Å². The summed E-state index contributed by atoms with van der Waals surface area (Å²) in [6, 6.07) is 16.6. The molecule has 1 fully saturated rings. The Balaban J connectivity index is 1.75. The van der Waals surface area contributed by atoms with Gasteiger partial charge in [0.15, 0.2) is 6.04 Å². The Hall–Kier alpha value is -2.22. The van der Waals surface area contributed by atoms with Crippen LogP contribution in [0.15, 0.2) is 59.5 Å². The molecule has 3 rings (SSSR count). The first-order valence-corrected chi connectivity index (χ1v) is 11.9. The third-order valence-electron chi connectivity index (χ3n) is 5.78. The van der Waals surface area contributed by atoms with E-state index in [9.17, 15) is 13.2 Å². The van der Waals surface area contributed by atoms with Crippen molar-refractivity contribution in [2.24, 2.45) is 0 Å². The third-order valence-corrected chi connectivity index (χ3v) is 7.69. The van der Waals surface area contributed by atoms with E-state index in [1.165, 1.54) is 0 Å². The average Bonchev–Trinajstić information content (AvgIpc) is 2.75. The van der Waals surface area contributed by atoms with Crippen LogP contribution in [-0.4, -0.2) is 63.8 Å². The topological polar surface area (TPSA) is 62.1 Å². The van der Waals surface area contributed by atoms with Gasteiger partial charge in [-0.2, -0.15) is 4.31 Å². The van der Waals surface area contributed by atoms with Crippen molar-refractivity contribution in [2.75, 3.05) is 40.3 Å². The van der Waals surface area contributed by atoms with Crippen molar-refractivity contribution in [3.8, 4) is 0 Å². The third kappa shape index (κ3) is 4.74. The standard InChI is InChI=1S/C23H31N3O3S/c1-18(2)19-10-12-21(13-11-19)30(28,29)26-16-14-25(15-17-26)22(23(27)24(3)4)20-8-6-5-7-9-20/h5-13,18,22H,14-17H2,1-4H3/p+1/t22-/m1/s1. The maximum Gasteiger partial charge on any atom is 0.285 e. The molecule has 6 nitrogen and oxygen atoms in total. The highest BCUT2D eigenvalue weighted by Crippen LogP contribution is 2.21. The summed E-state index contributed by atoms with van der Waals surface area (Å²) < 4.78 is 27.7. The minimum absolute atomic E-state index is 0.0387. The number of carbonyl (C=O) groups excluding carboxylic acids is 1. The van der Waals surface area contributed by atoms with Gasteiger partial charge in [-0.3, -0.25) is 4.79 Å². The summed E-state index contributed by atoms with van der Waals surface area (Å²) in [5.74, 6) is 0.398. The monoisotopic (exact) mass is 430 g/mol. The Morgan fingerprint density at radius 2 is 1.50 bits per heavy atom. The number of benzene rings is 2. The van der Waals surface area contributed by atoms with Gasteiger partial charge in [-0.05, 0) is 23.6 Å². The molecule has 1 aliphatic heterocycles.